The van der Waals surface area contributed by atoms with Gasteiger partial charge in [-0.2, -0.15) is 0 Å². The number of methoxy groups -OCH3 is 1. The van der Waals surface area contributed by atoms with E-state index in [2.05, 4.69) is 22.0 Å². The van der Waals surface area contributed by atoms with Gasteiger partial charge in [0.2, 0.25) is 11.8 Å². The van der Waals surface area contributed by atoms with E-state index in [1.165, 1.54) is 0 Å². The number of carbonyl (C=O) groups excluding carboxylic acids is 1. The smallest absolute Gasteiger partial charge is 0.250 e. The molecule has 140 valence electrons. The van der Waals surface area contributed by atoms with E-state index < -0.39 is 11.1 Å². The molecule has 0 spiro atoms. The zero-order chi connectivity index (χ0) is 18.1. The highest BCUT2D eigenvalue weighted by atomic mass is 16.6. The van der Waals surface area contributed by atoms with Crippen LogP contribution in [0.1, 0.15) is 45.4 Å². The molecular formula is C17H28N4O4. The van der Waals surface area contributed by atoms with Crippen LogP contribution in [0.3, 0.4) is 0 Å². The van der Waals surface area contributed by atoms with Crippen molar-refractivity contribution in [3.05, 3.63) is 11.8 Å². The summed E-state index contributed by atoms with van der Waals surface area (Å²) < 4.78 is 16.9. The van der Waals surface area contributed by atoms with Crippen molar-refractivity contribution in [1.82, 2.24) is 20.0 Å². The lowest BCUT2D eigenvalue weighted by atomic mass is 9.97. The molecule has 0 N–H and O–H groups in total. The minimum absolute atomic E-state index is 0.151. The van der Waals surface area contributed by atoms with Gasteiger partial charge in [0, 0.05) is 33.2 Å². The van der Waals surface area contributed by atoms with Crippen LogP contribution in [-0.4, -0.2) is 71.4 Å². The summed E-state index contributed by atoms with van der Waals surface area (Å²) in [6.07, 6.45) is 1.67. The molecule has 2 saturated heterocycles. The molecule has 1 aromatic rings. The Bertz CT molecular complexity index is 610. The standard InChI is InChI=1S/C17H28N4O4/c1-5-7-20-8-9-21(16(2,3)15(20)22)11-13-18-19-14(25-13)17(23-4)6-10-24-12-17/h5-12H2,1-4H3. The molecule has 25 heavy (non-hydrogen) atoms. The van der Waals surface area contributed by atoms with Gasteiger partial charge in [-0.1, -0.05) is 6.92 Å². The number of amides is 1. The Morgan fingerprint density at radius 3 is 2.72 bits per heavy atom. The van der Waals surface area contributed by atoms with Crippen molar-refractivity contribution in [2.45, 2.75) is 51.3 Å². The molecule has 3 heterocycles. The number of rotatable bonds is 6. The molecule has 2 aliphatic rings. The highest BCUT2D eigenvalue weighted by Crippen LogP contribution is 2.33. The predicted octanol–water partition coefficient (Wildman–Crippen LogP) is 1.16. The van der Waals surface area contributed by atoms with E-state index in [-0.39, 0.29) is 5.91 Å². The molecule has 0 bridgehead atoms. The maximum atomic E-state index is 12.7. The maximum Gasteiger partial charge on any atom is 0.250 e. The molecule has 1 amide bonds. The second-order valence-electron chi connectivity index (χ2n) is 7.27. The number of hydrogen-bond acceptors (Lipinski definition) is 7. The maximum absolute atomic E-state index is 12.7. The first-order chi connectivity index (χ1) is 11.9. The molecule has 3 rings (SSSR count). The van der Waals surface area contributed by atoms with E-state index in [4.69, 9.17) is 13.9 Å². The van der Waals surface area contributed by atoms with Gasteiger partial charge in [-0.3, -0.25) is 9.69 Å². The quantitative estimate of drug-likeness (QED) is 0.760. The third-order valence-electron chi connectivity index (χ3n) is 5.29. The Morgan fingerprint density at radius 1 is 1.28 bits per heavy atom. The normalized spacial score (nSPS) is 27.2. The lowest BCUT2D eigenvalue weighted by Crippen LogP contribution is -2.62. The largest absolute Gasteiger partial charge is 0.421 e. The van der Waals surface area contributed by atoms with Crippen molar-refractivity contribution >= 4 is 5.91 Å². The highest BCUT2D eigenvalue weighted by Gasteiger charge is 2.44. The summed E-state index contributed by atoms with van der Waals surface area (Å²) in [4.78, 5) is 16.8. The highest BCUT2D eigenvalue weighted by molar-refractivity contribution is 5.86. The van der Waals surface area contributed by atoms with Crippen LogP contribution in [0.5, 0.6) is 0 Å². The Labute approximate surface area is 148 Å². The first-order valence-electron chi connectivity index (χ1n) is 8.93. The summed E-state index contributed by atoms with van der Waals surface area (Å²) in [7, 11) is 1.63. The van der Waals surface area contributed by atoms with Gasteiger partial charge in [0.05, 0.1) is 25.3 Å². The minimum Gasteiger partial charge on any atom is -0.421 e. The molecule has 2 fully saturated rings. The van der Waals surface area contributed by atoms with E-state index in [1.54, 1.807) is 7.11 Å². The van der Waals surface area contributed by atoms with Crippen molar-refractivity contribution in [2.75, 3.05) is 40.0 Å². The van der Waals surface area contributed by atoms with Gasteiger partial charge in [-0.15, -0.1) is 10.2 Å². The molecule has 1 unspecified atom stereocenters. The number of aromatic nitrogens is 2. The van der Waals surface area contributed by atoms with Crippen molar-refractivity contribution < 1.29 is 18.7 Å². The van der Waals surface area contributed by atoms with Crippen LogP contribution in [0, 0.1) is 0 Å². The van der Waals surface area contributed by atoms with Gasteiger partial charge in [-0.05, 0) is 20.3 Å². The number of piperazine rings is 1. The first-order valence-corrected chi connectivity index (χ1v) is 8.93. The number of ether oxygens (including phenoxy) is 2. The lowest BCUT2D eigenvalue weighted by Gasteiger charge is -2.45. The average molecular weight is 352 g/mol. The van der Waals surface area contributed by atoms with Gasteiger partial charge in [0.25, 0.3) is 5.89 Å². The van der Waals surface area contributed by atoms with Crippen LogP contribution < -0.4 is 0 Å². The van der Waals surface area contributed by atoms with Gasteiger partial charge >= 0.3 is 0 Å². The molecular weight excluding hydrogens is 324 g/mol. The molecule has 1 atom stereocenters. The van der Waals surface area contributed by atoms with Crippen molar-refractivity contribution in [3.63, 3.8) is 0 Å². The number of hydrogen-bond donors (Lipinski definition) is 0. The Morgan fingerprint density at radius 2 is 2.08 bits per heavy atom. The van der Waals surface area contributed by atoms with Crippen LogP contribution >= 0.6 is 0 Å². The second kappa shape index (κ2) is 7.01. The Hall–Kier alpha value is -1.51. The topological polar surface area (TPSA) is 80.9 Å². The van der Waals surface area contributed by atoms with Crippen molar-refractivity contribution in [3.8, 4) is 0 Å². The average Bonchev–Trinajstić information content (AvgIpc) is 3.25. The molecule has 0 saturated carbocycles. The van der Waals surface area contributed by atoms with Crippen LogP contribution in [0.4, 0.5) is 0 Å². The number of nitrogens with zero attached hydrogens (tertiary/aromatic N) is 4. The third kappa shape index (κ3) is 3.30. The Kier molecular flexibility index (Phi) is 5.13. The summed E-state index contributed by atoms with van der Waals surface area (Å²) in [5, 5.41) is 8.35. The molecule has 1 aromatic heterocycles. The summed E-state index contributed by atoms with van der Waals surface area (Å²) in [6, 6.07) is 0. The summed E-state index contributed by atoms with van der Waals surface area (Å²) in [6.45, 7) is 9.81. The molecule has 0 aromatic carbocycles. The predicted molar refractivity (Wildman–Crippen MR) is 89.8 cm³/mol. The Balaban J connectivity index is 1.72. The van der Waals surface area contributed by atoms with Crippen molar-refractivity contribution in [2.24, 2.45) is 0 Å². The monoisotopic (exact) mass is 352 g/mol. The van der Waals surface area contributed by atoms with Crippen LogP contribution in [0.2, 0.25) is 0 Å². The summed E-state index contributed by atoms with van der Waals surface area (Å²) in [5.41, 5.74) is -1.23. The first kappa shape index (κ1) is 18.3. The summed E-state index contributed by atoms with van der Waals surface area (Å²) >= 11 is 0. The van der Waals surface area contributed by atoms with Crippen LogP contribution in [0.25, 0.3) is 0 Å². The molecule has 0 radical (unpaired) electrons. The molecule has 8 nitrogen and oxygen atoms in total. The fourth-order valence-electron chi connectivity index (χ4n) is 3.53. The molecule has 0 aliphatic carbocycles. The second-order valence-corrected chi connectivity index (χ2v) is 7.27. The molecule has 2 aliphatic heterocycles. The van der Waals surface area contributed by atoms with E-state index in [9.17, 15) is 4.79 Å². The van der Waals surface area contributed by atoms with Gasteiger partial charge in [0.1, 0.15) is 0 Å². The van der Waals surface area contributed by atoms with Crippen molar-refractivity contribution in [1.29, 1.82) is 0 Å². The van der Waals surface area contributed by atoms with Gasteiger partial charge < -0.3 is 18.8 Å². The van der Waals surface area contributed by atoms with E-state index in [0.29, 0.717) is 38.0 Å². The van der Waals surface area contributed by atoms with Crippen LogP contribution in [-0.2, 0) is 26.4 Å². The zero-order valence-corrected chi connectivity index (χ0v) is 15.6. The summed E-state index contributed by atoms with van der Waals surface area (Å²) in [5.74, 6) is 1.11. The van der Waals surface area contributed by atoms with E-state index in [1.807, 2.05) is 18.7 Å². The minimum atomic E-state index is -0.642. The van der Waals surface area contributed by atoms with Crippen LogP contribution in [0.15, 0.2) is 4.42 Å². The number of carbonyl (C=O) groups is 1. The fourth-order valence-corrected chi connectivity index (χ4v) is 3.53. The van der Waals surface area contributed by atoms with Gasteiger partial charge in [0.15, 0.2) is 5.60 Å². The van der Waals surface area contributed by atoms with Gasteiger partial charge in [-0.25, -0.2) is 0 Å². The third-order valence-corrected chi connectivity index (χ3v) is 5.29. The molecule has 8 heteroatoms. The fraction of sp³-hybridized carbons (Fsp3) is 0.824. The van der Waals surface area contributed by atoms with E-state index >= 15 is 0 Å². The lowest BCUT2D eigenvalue weighted by molar-refractivity contribution is -0.149. The SMILES string of the molecule is CCCN1CCN(Cc2nnc(C3(OC)CCOC3)o2)C(C)(C)C1=O. The van der Waals surface area contributed by atoms with E-state index in [0.717, 1.165) is 26.1 Å². The zero-order valence-electron chi connectivity index (χ0n) is 15.6.